The van der Waals surface area contributed by atoms with Crippen LogP contribution in [-0.4, -0.2) is 34.3 Å². The first-order chi connectivity index (χ1) is 15.4. The molecule has 0 saturated heterocycles. The molecule has 4 rings (SSSR count). The summed E-state index contributed by atoms with van der Waals surface area (Å²) in [4.78, 5) is 32.9. The Morgan fingerprint density at radius 2 is 1.78 bits per heavy atom. The molecule has 0 aliphatic carbocycles. The summed E-state index contributed by atoms with van der Waals surface area (Å²) >= 11 is 1.42. The number of hydrogen-bond acceptors (Lipinski definition) is 5. The molecule has 2 heterocycles. The number of nitrogens with one attached hydrogen (secondary N) is 1. The van der Waals surface area contributed by atoms with Crippen LogP contribution in [0.2, 0.25) is 0 Å². The van der Waals surface area contributed by atoms with Gasteiger partial charge in [0, 0.05) is 23.4 Å². The van der Waals surface area contributed by atoms with Crippen molar-refractivity contribution in [3.05, 3.63) is 76.3 Å². The number of hydrogen-bond donors (Lipinski definition) is 1. The number of carbonyl (C=O) groups excluding carboxylic acids is 2. The van der Waals surface area contributed by atoms with Crippen molar-refractivity contribution in [1.82, 2.24) is 9.88 Å². The average molecular weight is 450 g/mol. The van der Waals surface area contributed by atoms with Crippen molar-refractivity contribution < 1.29 is 14.3 Å². The fraction of sp³-hybridized carbons (Fsp3) is 0.320. The third-order valence-electron chi connectivity index (χ3n) is 5.48. The maximum atomic E-state index is 12.8. The van der Waals surface area contributed by atoms with Crippen molar-refractivity contribution in [3.63, 3.8) is 0 Å². The Labute approximate surface area is 192 Å². The van der Waals surface area contributed by atoms with E-state index in [9.17, 15) is 9.59 Å². The highest BCUT2D eigenvalue weighted by molar-refractivity contribution is 7.15. The standard InChI is InChI=1S/C25H27N3O3S/c1-16(2)19-11-7-8-12-21(19)31-17(3)23(29)27-25-26-20-13-14-28(15-22(20)32-25)24(30)18-9-5-4-6-10-18/h4-12,16-17H,13-15H2,1-3H3,(H,26,27,29). The smallest absolute Gasteiger partial charge is 0.266 e. The highest BCUT2D eigenvalue weighted by atomic mass is 32.1. The van der Waals surface area contributed by atoms with Crippen LogP contribution in [0.15, 0.2) is 54.6 Å². The Hall–Kier alpha value is -3.19. The van der Waals surface area contributed by atoms with Crippen LogP contribution in [0, 0.1) is 0 Å². The zero-order chi connectivity index (χ0) is 22.7. The van der Waals surface area contributed by atoms with E-state index in [2.05, 4.69) is 24.1 Å². The SMILES string of the molecule is CC(Oc1ccccc1C(C)C)C(=O)Nc1nc2c(s1)CN(C(=O)c1ccccc1)CC2. The molecule has 0 spiro atoms. The number of carbonyl (C=O) groups is 2. The molecule has 0 saturated carbocycles. The van der Waals surface area contributed by atoms with Crippen molar-refractivity contribution in [3.8, 4) is 5.75 Å². The van der Waals surface area contributed by atoms with E-state index in [0.717, 1.165) is 21.9 Å². The van der Waals surface area contributed by atoms with Gasteiger partial charge in [-0.2, -0.15) is 0 Å². The van der Waals surface area contributed by atoms with E-state index in [0.29, 0.717) is 36.1 Å². The molecule has 1 N–H and O–H groups in total. The van der Waals surface area contributed by atoms with Crippen molar-refractivity contribution in [2.45, 2.75) is 45.8 Å². The van der Waals surface area contributed by atoms with Crippen molar-refractivity contribution in [2.75, 3.05) is 11.9 Å². The molecule has 1 aliphatic heterocycles. The van der Waals surface area contributed by atoms with Gasteiger partial charge in [0.15, 0.2) is 11.2 Å². The lowest BCUT2D eigenvalue weighted by atomic mass is 10.0. The molecule has 1 aromatic heterocycles. The summed E-state index contributed by atoms with van der Waals surface area (Å²) in [6.45, 7) is 7.05. The van der Waals surface area contributed by atoms with Gasteiger partial charge in [-0.3, -0.25) is 14.9 Å². The fourth-order valence-electron chi connectivity index (χ4n) is 3.70. The first-order valence-electron chi connectivity index (χ1n) is 10.8. The summed E-state index contributed by atoms with van der Waals surface area (Å²) in [5.74, 6) is 0.792. The summed E-state index contributed by atoms with van der Waals surface area (Å²) in [6.07, 6.45) is 0.0145. The molecule has 6 nitrogen and oxygen atoms in total. The van der Waals surface area contributed by atoms with Crippen LogP contribution in [0.3, 0.4) is 0 Å². The third-order valence-corrected chi connectivity index (χ3v) is 6.48. The number of thiazole rings is 1. The van der Waals surface area contributed by atoms with Gasteiger partial charge in [0.1, 0.15) is 5.75 Å². The van der Waals surface area contributed by atoms with Crippen LogP contribution in [0.1, 0.15) is 53.2 Å². The Morgan fingerprint density at radius 1 is 1.06 bits per heavy atom. The maximum absolute atomic E-state index is 12.8. The number of ether oxygens (including phenoxy) is 1. The number of rotatable bonds is 6. The molecule has 2 aromatic carbocycles. The summed E-state index contributed by atoms with van der Waals surface area (Å²) in [7, 11) is 0. The Balaban J connectivity index is 1.40. The third kappa shape index (κ3) is 4.83. The van der Waals surface area contributed by atoms with Gasteiger partial charge in [0.25, 0.3) is 11.8 Å². The van der Waals surface area contributed by atoms with Gasteiger partial charge in [0.2, 0.25) is 0 Å². The quantitative estimate of drug-likeness (QED) is 0.583. The summed E-state index contributed by atoms with van der Waals surface area (Å²) < 4.78 is 5.95. The normalized spacial score (nSPS) is 14.1. The highest BCUT2D eigenvalue weighted by Gasteiger charge is 2.26. The Kier molecular flexibility index (Phi) is 6.55. The zero-order valence-electron chi connectivity index (χ0n) is 18.5. The molecular weight excluding hydrogens is 422 g/mol. The van der Waals surface area contributed by atoms with Gasteiger partial charge in [-0.25, -0.2) is 4.98 Å². The minimum atomic E-state index is -0.660. The summed E-state index contributed by atoms with van der Waals surface area (Å²) in [5.41, 5.74) is 2.70. The van der Waals surface area contributed by atoms with Gasteiger partial charge >= 0.3 is 0 Å². The highest BCUT2D eigenvalue weighted by Crippen LogP contribution is 2.30. The first-order valence-corrected chi connectivity index (χ1v) is 11.6. The lowest BCUT2D eigenvalue weighted by Gasteiger charge is -2.26. The van der Waals surface area contributed by atoms with E-state index in [1.807, 2.05) is 59.5 Å². The van der Waals surface area contributed by atoms with E-state index in [-0.39, 0.29) is 11.8 Å². The van der Waals surface area contributed by atoms with Crippen LogP contribution in [0.4, 0.5) is 5.13 Å². The van der Waals surface area contributed by atoms with E-state index in [4.69, 9.17) is 4.74 Å². The van der Waals surface area contributed by atoms with Crippen LogP contribution in [-0.2, 0) is 17.8 Å². The summed E-state index contributed by atoms with van der Waals surface area (Å²) in [6, 6.07) is 17.1. The molecule has 1 unspecified atom stereocenters. The van der Waals surface area contributed by atoms with Crippen molar-refractivity contribution >= 4 is 28.3 Å². The predicted molar refractivity (Wildman–Crippen MR) is 126 cm³/mol. The minimum absolute atomic E-state index is 0.0149. The molecule has 7 heteroatoms. The van der Waals surface area contributed by atoms with E-state index >= 15 is 0 Å². The number of fused-ring (bicyclic) bond motifs is 1. The molecule has 0 bridgehead atoms. The van der Waals surface area contributed by atoms with Crippen molar-refractivity contribution in [2.24, 2.45) is 0 Å². The van der Waals surface area contributed by atoms with Gasteiger partial charge in [-0.15, -0.1) is 0 Å². The molecule has 2 amide bonds. The Bertz CT molecular complexity index is 1110. The molecule has 32 heavy (non-hydrogen) atoms. The molecule has 0 fully saturated rings. The second-order valence-electron chi connectivity index (χ2n) is 8.17. The van der Waals surface area contributed by atoms with Crippen molar-refractivity contribution in [1.29, 1.82) is 0 Å². The van der Waals surface area contributed by atoms with Crippen LogP contribution < -0.4 is 10.1 Å². The Morgan fingerprint density at radius 3 is 2.53 bits per heavy atom. The number of para-hydroxylation sites is 1. The van der Waals surface area contributed by atoms with Crippen LogP contribution in [0.25, 0.3) is 0 Å². The number of aromatic nitrogens is 1. The van der Waals surface area contributed by atoms with Gasteiger partial charge in [-0.05, 0) is 36.6 Å². The maximum Gasteiger partial charge on any atom is 0.266 e. The summed E-state index contributed by atoms with van der Waals surface area (Å²) in [5, 5.41) is 3.43. The van der Waals surface area contributed by atoms with Gasteiger partial charge < -0.3 is 9.64 Å². The van der Waals surface area contributed by atoms with E-state index in [1.54, 1.807) is 6.92 Å². The second-order valence-corrected chi connectivity index (χ2v) is 9.26. The van der Waals surface area contributed by atoms with E-state index < -0.39 is 6.10 Å². The lowest BCUT2D eigenvalue weighted by molar-refractivity contribution is -0.122. The molecule has 166 valence electrons. The average Bonchev–Trinajstić information content (AvgIpc) is 3.20. The van der Waals surface area contributed by atoms with Crippen LogP contribution in [0.5, 0.6) is 5.75 Å². The molecule has 3 aromatic rings. The zero-order valence-corrected chi connectivity index (χ0v) is 19.3. The minimum Gasteiger partial charge on any atom is -0.481 e. The topological polar surface area (TPSA) is 71.5 Å². The number of benzene rings is 2. The molecular formula is C25H27N3O3S. The number of nitrogens with zero attached hydrogens (tertiary/aromatic N) is 2. The second kappa shape index (κ2) is 9.53. The lowest BCUT2D eigenvalue weighted by Crippen LogP contribution is -2.35. The molecule has 1 atom stereocenters. The fourth-order valence-corrected chi connectivity index (χ4v) is 4.73. The van der Waals surface area contributed by atoms with Gasteiger partial charge in [-0.1, -0.05) is 61.6 Å². The van der Waals surface area contributed by atoms with Crippen LogP contribution >= 0.6 is 11.3 Å². The largest absolute Gasteiger partial charge is 0.481 e. The number of amides is 2. The monoisotopic (exact) mass is 449 g/mol. The van der Waals surface area contributed by atoms with Gasteiger partial charge in [0.05, 0.1) is 12.2 Å². The first kappa shape index (κ1) is 22.0. The number of anilines is 1. The molecule has 0 radical (unpaired) electrons. The predicted octanol–water partition coefficient (Wildman–Crippen LogP) is 4.87. The molecule has 1 aliphatic rings. The van der Waals surface area contributed by atoms with E-state index in [1.165, 1.54) is 11.3 Å².